The zero-order valence-corrected chi connectivity index (χ0v) is 18.4. The number of rotatable bonds is 8. The molecule has 1 aromatic carbocycles. The molecule has 1 saturated carbocycles. The third kappa shape index (κ3) is 5.33. The minimum atomic E-state index is -0.0874. The molecule has 0 atom stereocenters. The fourth-order valence-electron chi connectivity index (χ4n) is 4.11. The van der Waals surface area contributed by atoms with Gasteiger partial charge in [-0.3, -0.25) is 9.48 Å². The van der Waals surface area contributed by atoms with Gasteiger partial charge in [-0.15, -0.1) is 16.4 Å². The Morgan fingerprint density at radius 1 is 1.17 bits per heavy atom. The van der Waals surface area contributed by atoms with Crippen molar-refractivity contribution in [3.05, 3.63) is 63.9 Å². The molecule has 6 nitrogen and oxygen atoms in total. The molecule has 0 saturated heterocycles. The first-order valence-corrected chi connectivity index (χ1v) is 11.7. The second-order valence-corrected chi connectivity index (χ2v) is 9.11. The number of aromatic nitrogens is 4. The Labute approximate surface area is 181 Å². The van der Waals surface area contributed by atoms with E-state index in [0.717, 1.165) is 35.0 Å². The van der Waals surface area contributed by atoms with Gasteiger partial charge in [-0.1, -0.05) is 67.6 Å². The number of hydrogen-bond acceptors (Lipinski definition) is 5. The summed E-state index contributed by atoms with van der Waals surface area (Å²) in [5.41, 5.74) is 4.31. The van der Waals surface area contributed by atoms with Gasteiger partial charge in [0.05, 0.1) is 23.9 Å². The Morgan fingerprint density at radius 2 is 1.97 bits per heavy atom. The van der Waals surface area contributed by atoms with E-state index >= 15 is 0 Å². The lowest BCUT2D eigenvalue weighted by molar-refractivity contribution is 0.0725. The van der Waals surface area contributed by atoms with Gasteiger partial charge in [0, 0.05) is 18.0 Å². The van der Waals surface area contributed by atoms with Crippen molar-refractivity contribution in [1.82, 2.24) is 24.9 Å². The highest BCUT2D eigenvalue weighted by Gasteiger charge is 2.22. The van der Waals surface area contributed by atoms with Crippen LogP contribution < -0.4 is 0 Å². The lowest BCUT2D eigenvalue weighted by Crippen LogP contribution is -2.30. The lowest BCUT2D eigenvalue weighted by atomic mass is 9.87. The molecule has 2 aromatic heterocycles. The van der Waals surface area contributed by atoms with Crippen molar-refractivity contribution >= 4 is 17.2 Å². The largest absolute Gasteiger partial charge is 0.328 e. The molecule has 2 heterocycles. The summed E-state index contributed by atoms with van der Waals surface area (Å²) in [5, 5.41) is 8.44. The zero-order chi connectivity index (χ0) is 20.8. The van der Waals surface area contributed by atoms with Crippen LogP contribution in [0.5, 0.6) is 0 Å². The maximum atomic E-state index is 13.3. The molecule has 7 heteroatoms. The highest BCUT2D eigenvalue weighted by atomic mass is 32.1. The summed E-state index contributed by atoms with van der Waals surface area (Å²) in [5.74, 6) is 0.696. The Morgan fingerprint density at radius 3 is 2.70 bits per heavy atom. The fraction of sp³-hybridized carbons (Fsp3) is 0.478. The van der Waals surface area contributed by atoms with Crippen LogP contribution in [-0.4, -0.2) is 30.8 Å². The second kappa shape index (κ2) is 9.98. The molecule has 1 aliphatic rings. The van der Waals surface area contributed by atoms with Crippen molar-refractivity contribution in [1.29, 1.82) is 0 Å². The van der Waals surface area contributed by atoms with E-state index < -0.39 is 0 Å². The van der Waals surface area contributed by atoms with Crippen LogP contribution >= 0.6 is 11.3 Å². The summed E-state index contributed by atoms with van der Waals surface area (Å²) in [6, 6.07) is 10.1. The molecule has 1 amide bonds. The molecule has 1 aliphatic carbocycles. The molecule has 30 heavy (non-hydrogen) atoms. The monoisotopic (exact) mass is 423 g/mol. The molecule has 0 bridgehead atoms. The van der Waals surface area contributed by atoms with Crippen molar-refractivity contribution in [2.45, 2.75) is 65.1 Å². The second-order valence-electron chi connectivity index (χ2n) is 8.17. The molecule has 1 fully saturated rings. The number of nitrogens with zero attached hydrogens (tertiary/aromatic N) is 5. The fourth-order valence-corrected chi connectivity index (χ4v) is 4.90. The third-order valence-electron chi connectivity index (χ3n) is 5.93. The van der Waals surface area contributed by atoms with Crippen LogP contribution in [0.1, 0.15) is 65.1 Å². The minimum Gasteiger partial charge on any atom is -0.328 e. The summed E-state index contributed by atoms with van der Waals surface area (Å²) in [4.78, 5) is 20.6. The number of carbonyl (C=O) groups is 1. The van der Waals surface area contributed by atoms with E-state index in [-0.39, 0.29) is 5.91 Å². The molecule has 158 valence electrons. The van der Waals surface area contributed by atoms with Crippen LogP contribution in [0.3, 0.4) is 0 Å². The molecule has 0 unspecified atom stereocenters. The maximum absolute atomic E-state index is 13.3. The Kier molecular flexibility index (Phi) is 6.89. The van der Waals surface area contributed by atoms with Crippen LogP contribution in [-0.2, 0) is 19.6 Å². The highest BCUT2D eigenvalue weighted by molar-refractivity contribution is 7.09. The molecular weight excluding hydrogens is 394 g/mol. The minimum absolute atomic E-state index is 0.0874. The highest BCUT2D eigenvalue weighted by Crippen LogP contribution is 2.26. The van der Waals surface area contributed by atoms with Gasteiger partial charge in [0.25, 0.3) is 5.91 Å². The summed E-state index contributed by atoms with van der Waals surface area (Å²) in [6.07, 6.45) is 9.62. The van der Waals surface area contributed by atoms with Crippen LogP contribution in [0.25, 0.3) is 0 Å². The predicted molar refractivity (Wildman–Crippen MR) is 118 cm³/mol. The van der Waals surface area contributed by atoms with E-state index in [0.29, 0.717) is 18.8 Å². The van der Waals surface area contributed by atoms with Gasteiger partial charge < -0.3 is 4.90 Å². The van der Waals surface area contributed by atoms with Gasteiger partial charge in [0.2, 0.25) is 0 Å². The van der Waals surface area contributed by atoms with Crippen molar-refractivity contribution in [3.8, 4) is 0 Å². The van der Waals surface area contributed by atoms with Gasteiger partial charge in [0.15, 0.2) is 5.69 Å². The van der Waals surface area contributed by atoms with Crippen molar-refractivity contribution in [2.75, 3.05) is 0 Å². The van der Waals surface area contributed by atoms with Gasteiger partial charge in [-0.2, -0.15) is 0 Å². The average Bonchev–Trinajstić information content (AvgIpc) is 3.42. The van der Waals surface area contributed by atoms with Gasteiger partial charge in [0.1, 0.15) is 0 Å². The predicted octanol–water partition coefficient (Wildman–Crippen LogP) is 4.86. The molecular formula is C23H29N5OS. The van der Waals surface area contributed by atoms with Crippen molar-refractivity contribution < 1.29 is 4.79 Å². The third-order valence-corrected chi connectivity index (χ3v) is 6.85. The molecule has 0 radical (unpaired) electrons. The number of thiazole rings is 1. The number of benzene rings is 1. The van der Waals surface area contributed by atoms with E-state index in [1.54, 1.807) is 11.3 Å². The number of hydrogen-bond donors (Lipinski definition) is 0. The number of amides is 1. The zero-order valence-electron chi connectivity index (χ0n) is 17.5. The average molecular weight is 424 g/mol. The Hall–Kier alpha value is -2.54. The first-order chi connectivity index (χ1) is 14.7. The quantitative estimate of drug-likeness (QED) is 0.519. The van der Waals surface area contributed by atoms with Gasteiger partial charge >= 0.3 is 0 Å². The van der Waals surface area contributed by atoms with E-state index in [1.807, 2.05) is 58.5 Å². The SMILES string of the molecule is Cc1ncsc1CN(Cc1ccccc1)C(=O)c1cn(CCC2CCCCC2)nn1. The maximum Gasteiger partial charge on any atom is 0.276 e. The summed E-state index contributed by atoms with van der Waals surface area (Å²) >= 11 is 1.58. The number of aryl methyl sites for hydroxylation is 2. The summed E-state index contributed by atoms with van der Waals surface area (Å²) in [7, 11) is 0. The van der Waals surface area contributed by atoms with Crippen LogP contribution in [0.2, 0.25) is 0 Å². The normalized spacial score (nSPS) is 14.7. The van der Waals surface area contributed by atoms with E-state index in [9.17, 15) is 4.79 Å². The van der Waals surface area contributed by atoms with E-state index in [1.165, 1.54) is 32.1 Å². The van der Waals surface area contributed by atoms with E-state index in [2.05, 4.69) is 15.3 Å². The van der Waals surface area contributed by atoms with E-state index in [4.69, 9.17) is 0 Å². The van der Waals surface area contributed by atoms with Crippen LogP contribution in [0.15, 0.2) is 42.0 Å². The topological polar surface area (TPSA) is 63.9 Å². The Balaban J connectivity index is 1.45. The number of carbonyl (C=O) groups excluding carboxylic acids is 1. The first-order valence-electron chi connectivity index (χ1n) is 10.8. The molecule has 4 rings (SSSR count). The van der Waals surface area contributed by atoms with Gasteiger partial charge in [-0.25, -0.2) is 4.98 Å². The van der Waals surface area contributed by atoms with Crippen molar-refractivity contribution in [3.63, 3.8) is 0 Å². The summed E-state index contributed by atoms with van der Waals surface area (Å²) < 4.78 is 1.83. The van der Waals surface area contributed by atoms with Gasteiger partial charge in [-0.05, 0) is 24.8 Å². The standard InChI is InChI=1S/C23H29N5OS/c1-18-22(30-17-24-18)16-27(14-20-10-6-3-7-11-20)23(29)21-15-28(26-25-21)13-12-19-8-4-2-5-9-19/h3,6-7,10-11,15,17,19H,2,4-5,8-9,12-14,16H2,1H3. The van der Waals surface area contributed by atoms with Crippen LogP contribution in [0.4, 0.5) is 0 Å². The molecule has 0 spiro atoms. The first kappa shape index (κ1) is 20.7. The molecule has 3 aromatic rings. The molecule has 0 aliphatic heterocycles. The lowest BCUT2D eigenvalue weighted by Gasteiger charge is -2.21. The smallest absolute Gasteiger partial charge is 0.276 e. The summed E-state index contributed by atoms with van der Waals surface area (Å²) in [6.45, 7) is 3.88. The molecule has 0 N–H and O–H groups in total. The van der Waals surface area contributed by atoms with Crippen LogP contribution in [0, 0.1) is 12.8 Å². The Bertz CT molecular complexity index is 945. The van der Waals surface area contributed by atoms with Crippen molar-refractivity contribution in [2.24, 2.45) is 5.92 Å².